The zero-order valence-corrected chi connectivity index (χ0v) is 13.7. The third kappa shape index (κ3) is 4.01. The summed E-state index contributed by atoms with van der Waals surface area (Å²) < 4.78 is 5.97. The molecule has 2 aromatic rings. The molecule has 0 radical (unpaired) electrons. The zero-order valence-electron chi connectivity index (χ0n) is 13.7. The van der Waals surface area contributed by atoms with Crippen molar-refractivity contribution < 1.29 is 9.53 Å². The maximum absolute atomic E-state index is 10.7. The van der Waals surface area contributed by atoms with Gasteiger partial charge in [0.25, 0.3) is 0 Å². The summed E-state index contributed by atoms with van der Waals surface area (Å²) in [6.45, 7) is 2.06. The predicted octanol–water partition coefficient (Wildman–Crippen LogP) is 5.69. The number of benzene rings is 2. The van der Waals surface area contributed by atoms with E-state index in [1.165, 1.54) is 43.2 Å². The summed E-state index contributed by atoms with van der Waals surface area (Å²) in [5.41, 5.74) is 3.32. The lowest BCUT2D eigenvalue weighted by Gasteiger charge is -2.22. The Balaban J connectivity index is 1.64. The molecule has 1 atom stereocenters. The van der Waals surface area contributed by atoms with Gasteiger partial charge in [-0.3, -0.25) is 4.79 Å². The van der Waals surface area contributed by atoms with Crippen LogP contribution in [0.15, 0.2) is 48.5 Å². The van der Waals surface area contributed by atoms with Crippen LogP contribution in [-0.4, -0.2) is 6.29 Å². The molecule has 2 aromatic carbocycles. The molecule has 2 heteroatoms. The largest absolute Gasteiger partial charge is 0.486 e. The third-order valence-electron chi connectivity index (χ3n) is 4.81. The van der Waals surface area contributed by atoms with E-state index in [1.54, 1.807) is 12.1 Å². The molecule has 1 aliphatic rings. The average Bonchev–Trinajstić information content (AvgIpc) is 2.63. The van der Waals surface area contributed by atoms with Crippen LogP contribution in [0.1, 0.15) is 72.5 Å². The van der Waals surface area contributed by atoms with Gasteiger partial charge in [-0.15, -0.1) is 0 Å². The van der Waals surface area contributed by atoms with E-state index >= 15 is 0 Å². The molecule has 0 amide bonds. The van der Waals surface area contributed by atoms with Crippen LogP contribution in [0.2, 0.25) is 0 Å². The summed E-state index contributed by atoms with van der Waals surface area (Å²) in [5.74, 6) is 1.53. The fraction of sp³-hybridized carbons (Fsp3) is 0.381. The van der Waals surface area contributed by atoms with Crippen molar-refractivity contribution in [3.63, 3.8) is 0 Å². The minimum absolute atomic E-state index is 0.00233. The van der Waals surface area contributed by atoms with Gasteiger partial charge in [0.15, 0.2) is 0 Å². The maximum atomic E-state index is 10.7. The van der Waals surface area contributed by atoms with E-state index in [2.05, 4.69) is 31.2 Å². The van der Waals surface area contributed by atoms with E-state index in [9.17, 15) is 4.79 Å². The molecule has 3 rings (SSSR count). The first-order valence-electron chi connectivity index (χ1n) is 8.58. The molecule has 0 aromatic heterocycles. The molecule has 120 valence electrons. The SMILES string of the molecule is C[C@@H](Oc1ccc(C=O)cc1)c1ccc(C2CCCCC2)cc1. The van der Waals surface area contributed by atoms with Crippen LogP contribution < -0.4 is 4.74 Å². The molecular formula is C21H24O2. The van der Waals surface area contributed by atoms with Crippen LogP contribution in [0, 0.1) is 0 Å². The van der Waals surface area contributed by atoms with Gasteiger partial charge >= 0.3 is 0 Å². The highest BCUT2D eigenvalue weighted by molar-refractivity contribution is 5.74. The lowest BCUT2D eigenvalue weighted by Crippen LogP contribution is -2.06. The van der Waals surface area contributed by atoms with Crippen LogP contribution in [0.25, 0.3) is 0 Å². The standard InChI is InChI=1S/C21H24O2/c1-16(23-21-13-7-17(15-22)8-14-21)18-9-11-20(12-10-18)19-5-3-2-4-6-19/h7-16,19H,2-6H2,1H3/t16-/m1/s1. The van der Waals surface area contributed by atoms with Gasteiger partial charge in [0.2, 0.25) is 0 Å². The van der Waals surface area contributed by atoms with Crippen molar-refractivity contribution in [3.05, 3.63) is 65.2 Å². The van der Waals surface area contributed by atoms with E-state index in [0.717, 1.165) is 18.0 Å². The number of rotatable bonds is 5. The van der Waals surface area contributed by atoms with E-state index in [4.69, 9.17) is 4.74 Å². The Bertz CT molecular complexity index is 622. The molecule has 0 bridgehead atoms. The molecular weight excluding hydrogens is 284 g/mol. The second-order valence-electron chi connectivity index (χ2n) is 6.45. The van der Waals surface area contributed by atoms with Crippen molar-refractivity contribution in [2.45, 2.75) is 51.0 Å². The molecule has 2 nitrogen and oxygen atoms in total. The number of ether oxygens (including phenoxy) is 1. The minimum atomic E-state index is -0.00233. The third-order valence-corrected chi connectivity index (χ3v) is 4.81. The van der Waals surface area contributed by atoms with Gasteiger partial charge in [0.05, 0.1) is 0 Å². The minimum Gasteiger partial charge on any atom is -0.486 e. The topological polar surface area (TPSA) is 26.3 Å². The van der Waals surface area contributed by atoms with Gasteiger partial charge in [-0.25, -0.2) is 0 Å². The Morgan fingerprint density at radius 3 is 2.22 bits per heavy atom. The van der Waals surface area contributed by atoms with Crippen LogP contribution in [-0.2, 0) is 0 Å². The number of aldehydes is 1. The first-order valence-corrected chi connectivity index (χ1v) is 8.58. The summed E-state index contributed by atoms with van der Waals surface area (Å²) >= 11 is 0. The van der Waals surface area contributed by atoms with Crippen molar-refractivity contribution >= 4 is 6.29 Å². The highest BCUT2D eigenvalue weighted by atomic mass is 16.5. The lowest BCUT2D eigenvalue weighted by molar-refractivity contribution is 0.112. The Morgan fingerprint density at radius 2 is 1.61 bits per heavy atom. The fourth-order valence-electron chi connectivity index (χ4n) is 3.37. The summed E-state index contributed by atoms with van der Waals surface area (Å²) in [4.78, 5) is 10.7. The molecule has 0 N–H and O–H groups in total. The number of hydrogen-bond donors (Lipinski definition) is 0. The predicted molar refractivity (Wildman–Crippen MR) is 93.1 cm³/mol. The molecule has 1 saturated carbocycles. The highest BCUT2D eigenvalue weighted by Gasteiger charge is 2.16. The Morgan fingerprint density at radius 1 is 0.957 bits per heavy atom. The molecule has 0 saturated heterocycles. The van der Waals surface area contributed by atoms with Gasteiger partial charge in [-0.2, -0.15) is 0 Å². The number of carbonyl (C=O) groups is 1. The van der Waals surface area contributed by atoms with Crippen LogP contribution >= 0.6 is 0 Å². The molecule has 1 fully saturated rings. The second-order valence-corrected chi connectivity index (χ2v) is 6.45. The summed E-state index contributed by atoms with van der Waals surface area (Å²) in [6.07, 6.45) is 7.62. The second kappa shape index (κ2) is 7.45. The van der Waals surface area contributed by atoms with Gasteiger partial charge in [-0.05, 0) is 61.1 Å². The molecule has 0 unspecified atom stereocenters. The van der Waals surface area contributed by atoms with Gasteiger partial charge < -0.3 is 4.74 Å². The molecule has 1 aliphatic carbocycles. The van der Waals surface area contributed by atoms with Gasteiger partial charge in [0, 0.05) is 5.56 Å². The van der Waals surface area contributed by atoms with Crippen molar-refractivity contribution in [2.75, 3.05) is 0 Å². The lowest BCUT2D eigenvalue weighted by atomic mass is 9.84. The van der Waals surface area contributed by atoms with Crippen molar-refractivity contribution in [3.8, 4) is 5.75 Å². The Labute approximate surface area is 138 Å². The highest BCUT2D eigenvalue weighted by Crippen LogP contribution is 2.33. The normalized spacial score (nSPS) is 16.7. The van der Waals surface area contributed by atoms with Crippen LogP contribution in [0.3, 0.4) is 0 Å². The van der Waals surface area contributed by atoms with E-state index in [0.29, 0.717) is 5.56 Å². The summed E-state index contributed by atoms with van der Waals surface area (Å²) in [7, 11) is 0. The van der Waals surface area contributed by atoms with Crippen LogP contribution in [0.5, 0.6) is 5.75 Å². The monoisotopic (exact) mass is 308 g/mol. The molecule has 0 aliphatic heterocycles. The molecule has 0 heterocycles. The number of carbonyl (C=O) groups excluding carboxylic acids is 1. The molecule has 23 heavy (non-hydrogen) atoms. The van der Waals surface area contributed by atoms with Crippen molar-refractivity contribution in [1.82, 2.24) is 0 Å². The molecule has 0 spiro atoms. The van der Waals surface area contributed by atoms with Crippen molar-refractivity contribution in [2.24, 2.45) is 0 Å². The Kier molecular flexibility index (Phi) is 5.12. The Hall–Kier alpha value is -2.09. The quantitative estimate of drug-likeness (QED) is 0.663. The summed E-state index contributed by atoms with van der Waals surface area (Å²) in [5, 5.41) is 0. The van der Waals surface area contributed by atoms with E-state index in [-0.39, 0.29) is 6.10 Å². The maximum Gasteiger partial charge on any atom is 0.150 e. The average molecular weight is 308 g/mol. The summed E-state index contributed by atoms with van der Waals surface area (Å²) in [6, 6.07) is 16.2. The number of hydrogen-bond acceptors (Lipinski definition) is 2. The first-order chi connectivity index (χ1) is 11.3. The van der Waals surface area contributed by atoms with Gasteiger partial charge in [-0.1, -0.05) is 43.5 Å². The van der Waals surface area contributed by atoms with E-state index in [1.807, 2.05) is 12.1 Å². The first kappa shape index (κ1) is 15.8. The van der Waals surface area contributed by atoms with Gasteiger partial charge in [0.1, 0.15) is 18.1 Å². The fourth-order valence-corrected chi connectivity index (χ4v) is 3.37. The smallest absolute Gasteiger partial charge is 0.150 e. The van der Waals surface area contributed by atoms with Crippen LogP contribution in [0.4, 0.5) is 0 Å². The van der Waals surface area contributed by atoms with E-state index < -0.39 is 0 Å². The zero-order chi connectivity index (χ0) is 16.1. The van der Waals surface area contributed by atoms with Crippen molar-refractivity contribution in [1.29, 1.82) is 0 Å².